The zero-order valence-electron chi connectivity index (χ0n) is 7.93. The van der Waals surface area contributed by atoms with Crippen LogP contribution < -0.4 is 11.1 Å². The summed E-state index contributed by atoms with van der Waals surface area (Å²) < 4.78 is 1.15. The first-order valence-corrected chi connectivity index (χ1v) is 5.86. The summed E-state index contributed by atoms with van der Waals surface area (Å²) in [7, 11) is 0. The topological polar surface area (TPSA) is 38.0 Å². The Kier molecular flexibility index (Phi) is 3.76. The summed E-state index contributed by atoms with van der Waals surface area (Å²) in [6.07, 6.45) is 0.975. The number of halogens is 1. The number of hydrogen-bond acceptors (Lipinski definition) is 3. The molecule has 74 valence electrons. The van der Waals surface area contributed by atoms with Gasteiger partial charge in [0, 0.05) is 12.1 Å². The largest absolute Gasteiger partial charge is 0.377 e. The molecule has 0 amide bonds. The molecule has 0 spiro atoms. The standard InChI is InChI=1S/C9H15BrN2S/c1-9(2,11)5-6-12-8-4-3-7(10)13-8/h3-4,12H,5-6,11H2,1-2H3. The SMILES string of the molecule is CC(C)(N)CCNc1ccc(Br)s1. The van der Waals surface area contributed by atoms with E-state index in [1.54, 1.807) is 11.3 Å². The van der Waals surface area contributed by atoms with E-state index in [1.165, 1.54) is 5.00 Å². The normalized spacial score (nSPS) is 11.7. The maximum atomic E-state index is 5.86. The summed E-state index contributed by atoms with van der Waals surface area (Å²) in [5.74, 6) is 0. The second-order valence-electron chi connectivity index (χ2n) is 3.77. The van der Waals surface area contributed by atoms with Crippen molar-refractivity contribution in [3.05, 3.63) is 15.9 Å². The highest BCUT2D eigenvalue weighted by molar-refractivity contribution is 9.11. The minimum Gasteiger partial charge on any atom is -0.377 e. The van der Waals surface area contributed by atoms with Crippen molar-refractivity contribution in [1.82, 2.24) is 0 Å². The van der Waals surface area contributed by atoms with Crippen LogP contribution in [0.15, 0.2) is 15.9 Å². The van der Waals surface area contributed by atoms with Gasteiger partial charge in [-0.1, -0.05) is 0 Å². The fourth-order valence-corrected chi connectivity index (χ4v) is 2.23. The van der Waals surface area contributed by atoms with E-state index in [4.69, 9.17) is 5.73 Å². The number of anilines is 1. The molecule has 4 heteroatoms. The van der Waals surface area contributed by atoms with E-state index in [2.05, 4.69) is 27.3 Å². The highest BCUT2D eigenvalue weighted by Gasteiger charge is 2.09. The van der Waals surface area contributed by atoms with Crippen LogP contribution >= 0.6 is 27.3 Å². The average Bonchev–Trinajstić information content (AvgIpc) is 2.33. The second-order valence-corrected chi connectivity index (χ2v) is 6.23. The quantitative estimate of drug-likeness (QED) is 0.876. The molecule has 13 heavy (non-hydrogen) atoms. The molecule has 2 nitrogen and oxygen atoms in total. The van der Waals surface area contributed by atoms with E-state index in [0.29, 0.717) is 0 Å². The lowest BCUT2D eigenvalue weighted by Gasteiger charge is -2.18. The van der Waals surface area contributed by atoms with Crippen molar-refractivity contribution in [3.8, 4) is 0 Å². The van der Waals surface area contributed by atoms with E-state index >= 15 is 0 Å². The monoisotopic (exact) mass is 262 g/mol. The Morgan fingerprint density at radius 1 is 1.54 bits per heavy atom. The van der Waals surface area contributed by atoms with E-state index in [1.807, 2.05) is 19.9 Å². The van der Waals surface area contributed by atoms with Crippen LogP contribution in [-0.2, 0) is 0 Å². The Hall–Kier alpha value is -0.0600. The van der Waals surface area contributed by atoms with Gasteiger partial charge in [-0.2, -0.15) is 0 Å². The van der Waals surface area contributed by atoms with Gasteiger partial charge in [0.1, 0.15) is 0 Å². The number of rotatable bonds is 4. The third-order valence-electron chi connectivity index (χ3n) is 1.64. The van der Waals surface area contributed by atoms with Crippen molar-refractivity contribution < 1.29 is 0 Å². The fourth-order valence-electron chi connectivity index (χ4n) is 0.917. The van der Waals surface area contributed by atoms with Crippen LogP contribution in [0.5, 0.6) is 0 Å². The molecule has 1 rings (SSSR count). The highest BCUT2D eigenvalue weighted by atomic mass is 79.9. The van der Waals surface area contributed by atoms with Crippen molar-refractivity contribution in [2.24, 2.45) is 5.73 Å². The number of hydrogen-bond donors (Lipinski definition) is 2. The summed E-state index contributed by atoms with van der Waals surface area (Å²) in [5, 5.41) is 4.52. The van der Waals surface area contributed by atoms with Gasteiger partial charge in [0.05, 0.1) is 8.79 Å². The Bertz CT molecular complexity index is 265. The molecule has 0 radical (unpaired) electrons. The Balaban J connectivity index is 2.28. The maximum absolute atomic E-state index is 5.86. The molecular formula is C9H15BrN2S. The maximum Gasteiger partial charge on any atom is 0.0894 e. The third kappa shape index (κ3) is 4.64. The summed E-state index contributed by atoms with van der Waals surface area (Å²) >= 11 is 5.12. The summed E-state index contributed by atoms with van der Waals surface area (Å²) in [5.41, 5.74) is 5.78. The summed E-state index contributed by atoms with van der Waals surface area (Å²) in [4.78, 5) is 0. The molecular weight excluding hydrogens is 248 g/mol. The molecule has 0 unspecified atom stereocenters. The fraction of sp³-hybridized carbons (Fsp3) is 0.556. The molecule has 0 fully saturated rings. The molecule has 0 atom stereocenters. The van der Waals surface area contributed by atoms with Gasteiger partial charge < -0.3 is 11.1 Å². The van der Waals surface area contributed by atoms with Crippen LogP contribution in [0.25, 0.3) is 0 Å². The third-order valence-corrected chi connectivity index (χ3v) is 3.22. The Labute approximate surface area is 91.7 Å². The Morgan fingerprint density at radius 2 is 2.23 bits per heavy atom. The first kappa shape index (κ1) is 11.0. The van der Waals surface area contributed by atoms with Gasteiger partial charge in [0.15, 0.2) is 0 Å². The van der Waals surface area contributed by atoms with Crippen molar-refractivity contribution in [3.63, 3.8) is 0 Å². The lowest BCUT2D eigenvalue weighted by molar-refractivity contribution is 0.491. The van der Waals surface area contributed by atoms with Crippen molar-refractivity contribution in [2.75, 3.05) is 11.9 Å². The minimum absolute atomic E-state index is 0.0819. The zero-order chi connectivity index (χ0) is 9.90. The van der Waals surface area contributed by atoms with Crippen molar-refractivity contribution in [2.45, 2.75) is 25.8 Å². The van der Waals surface area contributed by atoms with Crippen LogP contribution in [0.4, 0.5) is 5.00 Å². The predicted molar refractivity (Wildman–Crippen MR) is 63.4 cm³/mol. The first-order chi connectivity index (χ1) is 5.97. The average molecular weight is 263 g/mol. The summed E-state index contributed by atoms with van der Waals surface area (Å²) in [6.45, 7) is 5.01. The van der Waals surface area contributed by atoms with E-state index in [9.17, 15) is 0 Å². The molecule has 0 bridgehead atoms. The van der Waals surface area contributed by atoms with E-state index in [-0.39, 0.29) is 5.54 Å². The second kappa shape index (κ2) is 4.44. The smallest absolute Gasteiger partial charge is 0.0894 e. The van der Waals surface area contributed by atoms with Gasteiger partial charge in [0.25, 0.3) is 0 Å². The van der Waals surface area contributed by atoms with Crippen LogP contribution in [0.2, 0.25) is 0 Å². The predicted octanol–water partition coefficient (Wildman–Crippen LogP) is 3.05. The number of thiophene rings is 1. The zero-order valence-corrected chi connectivity index (χ0v) is 10.3. The molecule has 0 aliphatic rings. The molecule has 0 aromatic carbocycles. The van der Waals surface area contributed by atoms with Gasteiger partial charge in [-0.05, 0) is 48.3 Å². The molecule has 0 saturated carbocycles. The molecule has 3 N–H and O–H groups in total. The summed E-state index contributed by atoms with van der Waals surface area (Å²) in [6, 6.07) is 4.11. The first-order valence-electron chi connectivity index (χ1n) is 4.25. The molecule has 0 aliphatic heterocycles. The molecule has 0 saturated heterocycles. The number of nitrogens with two attached hydrogens (primary N) is 1. The van der Waals surface area contributed by atoms with Crippen LogP contribution in [0.3, 0.4) is 0 Å². The number of nitrogens with one attached hydrogen (secondary N) is 1. The molecule has 1 heterocycles. The van der Waals surface area contributed by atoms with E-state index in [0.717, 1.165) is 16.8 Å². The van der Waals surface area contributed by atoms with Gasteiger partial charge in [-0.25, -0.2) is 0 Å². The Morgan fingerprint density at radius 3 is 2.69 bits per heavy atom. The molecule has 1 aromatic heterocycles. The van der Waals surface area contributed by atoms with Crippen LogP contribution in [0, 0.1) is 0 Å². The van der Waals surface area contributed by atoms with E-state index < -0.39 is 0 Å². The van der Waals surface area contributed by atoms with Crippen LogP contribution in [-0.4, -0.2) is 12.1 Å². The lowest BCUT2D eigenvalue weighted by atomic mass is 10.0. The van der Waals surface area contributed by atoms with Gasteiger partial charge in [0.2, 0.25) is 0 Å². The van der Waals surface area contributed by atoms with Crippen molar-refractivity contribution >= 4 is 32.3 Å². The van der Waals surface area contributed by atoms with Crippen LogP contribution in [0.1, 0.15) is 20.3 Å². The molecule has 0 aliphatic carbocycles. The highest BCUT2D eigenvalue weighted by Crippen LogP contribution is 2.26. The lowest BCUT2D eigenvalue weighted by Crippen LogP contribution is -2.33. The van der Waals surface area contributed by atoms with Crippen molar-refractivity contribution in [1.29, 1.82) is 0 Å². The minimum atomic E-state index is -0.0819. The van der Waals surface area contributed by atoms with Gasteiger partial charge in [-0.3, -0.25) is 0 Å². The van der Waals surface area contributed by atoms with Gasteiger partial charge >= 0.3 is 0 Å². The van der Waals surface area contributed by atoms with Gasteiger partial charge in [-0.15, -0.1) is 11.3 Å². The molecule has 1 aromatic rings.